The maximum absolute atomic E-state index is 12.2. The van der Waals surface area contributed by atoms with Gasteiger partial charge in [-0.15, -0.1) is 0 Å². The Bertz CT molecular complexity index is 355. The van der Waals surface area contributed by atoms with Gasteiger partial charge in [-0.2, -0.15) is 0 Å². The Kier molecular flexibility index (Phi) is 3.64. The Morgan fingerprint density at radius 1 is 1.33 bits per heavy atom. The van der Waals surface area contributed by atoms with Gasteiger partial charge in [0.25, 0.3) is 0 Å². The summed E-state index contributed by atoms with van der Waals surface area (Å²) >= 11 is 0. The standard InChI is InChI=1S/C13H19NO/c1-10-7-5-6-8-11(10)12(15)13(2,3)9-14-4/h5-8,14H,9H2,1-4H3. The van der Waals surface area contributed by atoms with Crippen molar-refractivity contribution in [3.05, 3.63) is 35.4 Å². The van der Waals surface area contributed by atoms with Gasteiger partial charge < -0.3 is 5.32 Å². The second-order valence-electron chi connectivity index (χ2n) is 4.56. The molecule has 0 unspecified atom stereocenters. The smallest absolute Gasteiger partial charge is 0.169 e. The van der Waals surface area contributed by atoms with Crippen LogP contribution in [0.3, 0.4) is 0 Å². The minimum Gasteiger partial charge on any atom is -0.319 e. The zero-order valence-electron chi connectivity index (χ0n) is 9.92. The molecule has 0 radical (unpaired) electrons. The number of nitrogens with one attached hydrogen (secondary N) is 1. The minimum atomic E-state index is -0.346. The normalized spacial score (nSPS) is 11.5. The first-order chi connectivity index (χ1) is 6.99. The molecule has 1 rings (SSSR count). The Labute approximate surface area is 91.7 Å². The maximum Gasteiger partial charge on any atom is 0.169 e. The number of carbonyl (C=O) groups is 1. The third-order valence-electron chi connectivity index (χ3n) is 2.62. The molecule has 0 fully saturated rings. The predicted octanol–water partition coefficient (Wildman–Crippen LogP) is 2.42. The van der Waals surface area contributed by atoms with E-state index in [1.54, 1.807) is 0 Å². The van der Waals surface area contributed by atoms with Gasteiger partial charge in [-0.1, -0.05) is 38.1 Å². The average Bonchev–Trinajstić information content (AvgIpc) is 2.17. The summed E-state index contributed by atoms with van der Waals surface area (Å²) in [5, 5.41) is 3.06. The van der Waals surface area contributed by atoms with E-state index < -0.39 is 0 Å². The molecule has 0 saturated carbocycles. The summed E-state index contributed by atoms with van der Waals surface area (Å²) < 4.78 is 0. The zero-order chi connectivity index (χ0) is 11.5. The first-order valence-electron chi connectivity index (χ1n) is 5.24. The molecule has 15 heavy (non-hydrogen) atoms. The van der Waals surface area contributed by atoms with Crippen LogP contribution in [0.4, 0.5) is 0 Å². The molecule has 2 heteroatoms. The lowest BCUT2D eigenvalue weighted by molar-refractivity contribution is 0.0838. The number of aryl methyl sites for hydroxylation is 1. The minimum absolute atomic E-state index is 0.204. The van der Waals surface area contributed by atoms with Crippen LogP contribution < -0.4 is 5.32 Å². The van der Waals surface area contributed by atoms with Crippen molar-refractivity contribution in [1.82, 2.24) is 5.32 Å². The Morgan fingerprint density at radius 3 is 2.47 bits per heavy atom. The summed E-state index contributed by atoms with van der Waals surface area (Å²) in [6.45, 7) is 6.61. The van der Waals surface area contributed by atoms with Gasteiger partial charge in [0.2, 0.25) is 0 Å². The SMILES string of the molecule is CNCC(C)(C)C(=O)c1ccccc1C. The molecule has 0 aliphatic carbocycles. The molecule has 1 aromatic rings. The number of rotatable bonds is 4. The van der Waals surface area contributed by atoms with Gasteiger partial charge in [0, 0.05) is 17.5 Å². The van der Waals surface area contributed by atoms with Gasteiger partial charge in [0.05, 0.1) is 0 Å². The van der Waals surface area contributed by atoms with Gasteiger partial charge in [0.1, 0.15) is 0 Å². The molecule has 0 saturated heterocycles. The average molecular weight is 205 g/mol. The molecule has 1 aromatic carbocycles. The molecule has 0 heterocycles. The van der Waals surface area contributed by atoms with Crippen molar-refractivity contribution in [2.45, 2.75) is 20.8 Å². The van der Waals surface area contributed by atoms with Crippen LogP contribution in [0.1, 0.15) is 29.8 Å². The highest BCUT2D eigenvalue weighted by Crippen LogP contribution is 2.22. The first kappa shape index (κ1) is 11.9. The van der Waals surface area contributed by atoms with Crippen LogP contribution in [-0.4, -0.2) is 19.4 Å². The van der Waals surface area contributed by atoms with Gasteiger partial charge in [-0.05, 0) is 19.5 Å². The highest BCUT2D eigenvalue weighted by molar-refractivity contribution is 6.01. The second kappa shape index (κ2) is 4.58. The van der Waals surface area contributed by atoms with Gasteiger partial charge >= 0.3 is 0 Å². The summed E-state index contributed by atoms with van der Waals surface area (Å²) in [7, 11) is 1.87. The lowest BCUT2D eigenvalue weighted by atomic mass is 9.83. The third kappa shape index (κ3) is 2.66. The molecule has 0 aromatic heterocycles. The Hall–Kier alpha value is -1.15. The molecule has 0 bridgehead atoms. The van der Waals surface area contributed by atoms with Crippen LogP contribution in [0.2, 0.25) is 0 Å². The number of hydrogen-bond acceptors (Lipinski definition) is 2. The fourth-order valence-corrected chi connectivity index (χ4v) is 1.71. The summed E-state index contributed by atoms with van der Waals surface area (Å²) in [6, 6.07) is 7.74. The van der Waals surface area contributed by atoms with Crippen LogP contribution in [0, 0.1) is 12.3 Å². The topological polar surface area (TPSA) is 29.1 Å². The lowest BCUT2D eigenvalue weighted by Crippen LogP contribution is -2.34. The Balaban J connectivity index is 2.99. The van der Waals surface area contributed by atoms with Crippen molar-refractivity contribution in [3.63, 3.8) is 0 Å². The first-order valence-corrected chi connectivity index (χ1v) is 5.24. The molecule has 1 N–H and O–H groups in total. The van der Waals surface area contributed by atoms with Crippen LogP contribution in [0.15, 0.2) is 24.3 Å². The van der Waals surface area contributed by atoms with E-state index in [1.807, 2.05) is 52.1 Å². The van der Waals surface area contributed by atoms with Crippen molar-refractivity contribution >= 4 is 5.78 Å². The molecule has 0 spiro atoms. The predicted molar refractivity (Wildman–Crippen MR) is 63.2 cm³/mol. The lowest BCUT2D eigenvalue weighted by Gasteiger charge is -2.23. The molecule has 0 atom stereocenters. The Morgan fingerprint density at radius 2 is 1.93 bits per heavy atom. The summed E-state index contributed by atoms with van der Waals surface area (Å²) in [5.41, 5.74) is 1.53. The van der Waals surface area contributed by atoms with Crippen LogP contribution >= 0.6 is 0 Å². The van der Waals surface area contributed by atoms with Crippen molar-refractivity contribution < 1.29 is 4.79 Å². The highest BCUT2D eigenvalue weighted by Gasteiger charge is 2.28. The fourth-order valence-electron chi connectivity index (χ4n) is 1.71. The van der Waals surface area contributed by atoms with E-state index in [1.165, 1.54) is 0 Å². The second-order valence-corrected chi connectivity index (χ2v) is 4.56. The number of hydrogen-bond donors (Lipinski definition) is 1. The summed E-state index contributed by atoms with van der Waals surface area (Å²) in [5.74, 6) is 0.204. The fraction of sp³-hybridized carbons (Fsp3) is 0.462. The van der Waals surface area contributed by atoms with Crippen molar-refractivity contribution in [2.75, 3.05) is 13.6 Å². The van der Waals surface area contributed by atoms with E-state index in [9.17, 15) is 4.79 Å². The van der Waals surface area contributed by atoms with Crippen LogP contribution in [0.25, 0.3) is 0 Å². The molecule has 2 nitrogen and oxygen atoms in total. The third-order valence-corrected chi connectivity index (χ3v) is 2.62. The number of benzene rings is 1. The largest absolute Gasteiger partial charge is 0.319 e. The van der Waals surface area contributed by atoms with Crippen LogP contribution in [0.5, 0.6) is 0 Å². The molecule has 0 amide bonds. The summed E-state index contributed by atoms with van der Waals surface area (Å²) in [4.78, 5) is 12.2. The van der Waals surface area contributed by atoms with E-state index in [0.29, 0.717) is 6.54 Å². The quantitative estimate of drug-likeness (QED) is 0.765. The van der Waals surface area contributed by atoms with Crippen molar-refractivity contribution in [1.29, 1.82) is 0 Å². The number of carbonyl (C=O) groups excluding carboxylic acids is 1. The van der Waals surface area contributed by atoms with Crippen molar-refractivity contribution in [3.8, 4) is 0 Å². The monoisotopic (exact) mass is 205 g/mol. The van der Waals surface area contributed by atoms with E-state index in [0.717, 1.165) is 11.1 Å². The highest BCUT2D eigenvalue weighted by atomic mass is 16.1. The molecule has 0 aliphatic heterocycles. The molecular formula is C13H19NO. The number of Topliss-reactive ketones (excluding diaryl/α,β-unsaturated/α-hetero) is 1. The van der Waals surface area contributed by atoms with Crippen LogP contribution in [-0.2, 0) is 0 Å². The molecule has 82 valence electrons. The van der Waals surface area contributed by atoms with Gasteiger partial charge in [-0.25, -0.2) is 0 Å². The van der Waals surface area contributed by atoms with E-state index >= 15 is 0 Å². The van der Waals surface area contributed by atoms with Gasteiger partial charge in [-0.3, -0.25) is 4.79 Å². The van der Waals surface area contributed by atoms with Crippen molar-refractivity contribution in [2.24, 2.45) is 5.41 Å². The molecule has 0 aliphatic rings. The number of ketones is 1. The molecular weight excluding hydrogens is 186 g/mol. The maximum atomic E-state index is 12.2. The van der Waals surface area contributed by atoms with E-state index in [2.05, 4.69) is 5.32 Å². The van der Waals surface area contributed by atoms with E-state index in [4.69, 9.17) is 0 Å². The zero-order valence-corrected chi connectivity index (χ0v) is 9.92. The summed E-state index contributed by atoms with van der Waals surface area (Å²) in [6.07, 6.45) is 0. The van der Waals surface area contributed by atoms with Gasteiger partial charge in [0.15, 0.2) is 5.78 Å². The van der Waals surface area contributed by atoms with E-state index in [-0.39, 0.29) is 11.2 Å².